The van der Waals surface area contributed by atoms with Crippen molar-refractivity contribution in [1.29, 1.82) is 0 Å². The van der Waals surface area contributed by atoms with Gasteiger partial charge < -0.3 is 4.74 Å². The van der Waals surface area contributed by atoms with E-state index >= 15 is 0 Å². The third-order valence-electron chi connectivity index (χ3n) is 5.72. The largest absolute Gasteiger partial charge is 0.344 e. The molecule has 0 aromatic heterocycles. The fourth-order valence-corrected chi connectivity index (χ4v) is 4.88. The maximum atomic E-state index is 13.0. The van der Waals surface area contributed by atoms with Crippen LogP contribution in [0.4, 0.5) is 0 Å². The number of Topliss-reactive ketones (excluding diaryl/α,β-unsaturated/α-hetero) is 2. The minimum absolute atomic E-state index is 0.0196. The number of fused-ring (bicyclic) bond motifs is 2. The minimum Gasteiger partial charge on any atom is -0.344 e. The highest BCUT2D eigenvalue weighted by Gasteiger charge is 2.87. The summed E-state index contributed by atoms with van der Waals surface area (Å²) in [4.78, 5) is 25.9. The summed E-state index contributed by atoms with van der Waals surface area (Å²) in [5.74, 6) is 0.190. The lowest BCUT2D eigenvalue weighted by Crippen LogP contribution is -2.57. The zero-order valence-corrected chi connectivity index (χ0v) is 11.2. The maximum absolute atomic E-state index is 13.0. The first kappa shape index (κ1) is 11.0. The quantitative estimate of drug-likeness (QED) is 0.535. The van der Waals surface area contributed by atoms with E-state index in [1.807, 2.05) is 12.1 Å². The Morgan fingerprint density at radius 2 is 1.70 bits per heavy atom. The van der Waals surface area contributed by atoms with Crippen LogP contribution in [0.15, 0.2) is 35.9 Å². The molecule has 3 nitrogen and oxygen atoms in total. The van der Waals surface area contributed by atoms with Gasteiger partial charge in [-0.1, -0.05) is 35.9 Å². The van der Waals surface area contributed by atoms with Crippen LogP contribution in [0.5, 0.6) is 0 Å². The molecule has 2 bridgehead atoms. The van der Waals surface area contributed by atoms with E-state index in [0.717, 1.165) is 12.8 Å². The van der Waals surface area contributed by atoms with Crippen LogP contribution in [0.3, 0.4) is 0 Å². The molecule has 20 heavy (non-hydrogen) atoms. The van der Waals surface area contributed by atoms with Gasteiger partial charge in [-0.15, -0.1) is 0 Å². The van der Waals surface area contributed by atoms with Crippen LogP contribution in [-0.4, -0.2) is 22.8 Å². The van der Waals surface area contributed by atoms with Crippen molar-refractivity contribution in [2.24, 2.45) is 11.8 Å². The van der Waals surface area contributed by atoms with Crippen molar-refractivity contribution in [3.63, 3.8) is 0 Å². The van der Waals surface area contributed by atoms with Gasteiger partial charge in [0, 0.05) is 23.0 Å². The summed E-state index contributed by atoms with van der Waals surface area (Å²) in [5, 5.41) is 0. The molecular formula is C17H14O3. The summed E-state index contributed by atoms with van der Waals surface area (Å²) in [7, 11) is 0. The molecule has 5 aliphatic rings. The van der Waals surface area contributed by atoms with Gasteiger partial charge in [0.05, 0.1) is 0 Å². The number of hydrogen-bond acceptors (Lipinski definition) is 3. The molecule has 0 radical (unpaired) electrons. The topological polar surface area (TPSA) is 46.7 Å². The smallest absolute Gasteiger partial charge is 0.199 e. The molecule has 4 atom stereocenters. The first-order valence-corrected chi connectivity index (χ1v) is 7.20. The van der Waals surface area contributed by atoms with Crippen molar-refractivity contribution in [2.45, 2.75) is 31.0 Å². The molecule has 0 spiro atoms. The highest BCUT2D eigenvalue weighted by atomic mass is 16.6. The number of ketones is 2. The molecule has 100 valence electrons. The van der Waals surface area contributed by atoms with Gasteiger partial charge >= 0.3 is 0 Å². The third-order valence-corrected chi connectivity index (χ3v) is 5.72. The third kappa shape index (κ3) is 0.837. The molecule has 2 fully saturated rings. The van der Waals surface area contributed by atoms with Gasteiger partial charge in [-0.05, 0) is 19.8 Å². The van der Waals surface area contributed by atoms with E-state index in [0.29, 0.717) is 11.1 Å². The average molecular weight is 266 g/mol. The normalized spacial score (nSPS) is 43.5. The van der Waals surface area contributed by atoms with Gasteiger partial charge in [0.25, 0.3) is 0 Å². The van der Waals surface area contributed by atoms with Crippen LogP contribution in [-0.2, 0) is 4.74 Å². The Kier molecular flexibility index (Phi) is 1.63. The number of benzene rings is 1. The first-order valence-electron chi connectivity index (χ1n) is 7.20. The van der Waals surface area contributed by atoms with Crippen molar-refractivity contribution in [3.8, 4) is 0 Å². The van der Waals surface area contributed by atoms with E-state index in [2.05, 4.69) is 13.0 Å². The lowest BCUT2D eigenvalue weighted by Gasteiger charge is -2.42. The summed E-state index contributed by atoms with van der Waals surface area (Å²) in [5.41, 5.74) is 0.561. The van der Waals surface area contributed by atoms with E-state index in [9.17, 15) is 9.59 Å². The molecule has 0 N–H and O–H groups in total. The van der Waals surface area contributed by atoms with Crippen LogP contribution in [0.25, 0.3) is 0 Å². The molecule has 0 unspecified atom stereocenters. The molecule has 1 aromatic carbocycles. The van der Waals surface area contributed by atoms with Crippen molar-refractivity contribution in [1.82, 2.24) is 0 Å². The predicted octanol–water partition coefficient (Wildman–Crippen LogP) is 2.56. The van der Waals surface area contributed by atoms with Gasteiger partial charge in [0.1, 0.15) is 0 Å². The van der Waals surface area contributed by atoms with Gasteiger partial charge in [0.15, 0.2) is 22.8 Å². The maximum Gasteiger partial charge on any atom is 0.199 e. The summed E-state index contributed by atoms with van der Waals surface area (Å²) < 4.78 is 6.03. The van der Waals surface area contributed by atoms with E-state index in [1.54, 1.807) is 12.1 Å². The zero-order chi connectivity index (χ0) is 13.7. The Morgan fingerprint density at radius 1 is 1.05 bits per heavy atom. The first-order chi connectivity index (χ1) is 9.63. The molecule has 1 saturated carbocycles. The average Bonchev–Trinajstić information content (AvgIpc) is 3.20. The van der Waals surface area contributed by atoms with E-state index in [-0.39, 0.29) is 23.4 Å². The van der Waals surface area contributed by atoms with Crippen molar-refractivity contribution < 1.29 is 14.3 Å². The number of epoxide rings is 1. The van der Waals surface area contributed by atoms with Crippen molar-refractivity contribution >= 4 is 11.6 Å². The molecule has 4 aliphatic carbocycles. The van der Waals surface area contributed by atoms with Gasteiger partial charge in [-0.25, -0.2) is 0 Å². The van der Waals surface area contributed by atoms with Gasteiger partial charge in [0.2, 0.25) is 0 Å². The lowest BCUT2D eigenvalue weighted by molar-refractivity contribution is 0.0725. The van der Waals surface area contributed by atoms with Crippen molar-refractivity contribution in [3.05, 3.63) is 47.0 Å². The van der Waals surface area contributed by atoms with Crippen LogP contribution in [0, 0.1) is 11.8 Å². The number of carbonyl (C=O) groups is 2. The molecule has 1 heterocycles. The number of hydrogen-bond donors (Lipinski definition) is 0. The second kappa shape index (κ2) is 2.96. The molecule has 6 rings (SSSR count). The summed E-state index contributed by atoms with van der Waals surface area (Å²) >= 11 is 0. The Bertz CT molecular complexity index is 732. The standard InChI is InChI=1S/C17H14O3/c1-9-8-10-6-7-13(9)17-15(19)12-5-3-2-4-11(12)14(18)16(10,17)20-17/h2-5,8,10,13H,6-7H2,1H3/t10-,13-,16-,17+/m0/s1. The van der Waals surface area contributed by atoms with Crippen LogP contribution < -0.4 is 0 Å². The van der Waals surface area contributed by atoms with Gasteiger partial charge in [-0.2, -0.15) is 0 Å². The van der Waals surface area contributed by atoms with E-state index in [1.165, 1.54) is 5.57 Å². The van der Waals surface area contributed by atoms with Crippen LogP contribution in [0.1, 0.15) is 40.5 Å². The SMILES string of the molecule is CC1=C[C@@H]2CC[C@@H]1[C@]13O[C@]21C(=O)c1ccccc1C3=O. The van der Waals surface area contributed by atoms with Gasteiger partial charge in [-0.3, -0.25) is 9.59 Å². The molecule has 0 amide bonds. The molecular weight excluding hydrogens is 252 g/mol. The Morgan fingerprint density at radius 3 is 2.35 bits per heavy atom. The number of rotatable bonds is 0. The fourth-order valence-electron chi connectivity index (χ4n) is 4.88. The molecule has 1 aliphatic heterocycles. The fraction of sp³-hybridized carbons (Fsp3) is 0.412. The second-order valence-corrected chi connectivity index (χ2v) is 6.42. The van der Waals surface area contributed by atoms with E-state index < -0.39 is 11.2 Å². The second-order valence-electron chi connectivity index (χ2n) is 6.42. The van der Waals surface area contributed by atoms with E-state index in [4.69, 9.17) is 4.74 Å². The molecule has 1 saturated heterocycles. The summed E-state index contributed by atoms with van der Waals surface area (Å²) in [6.07, 6.45) is 4.07. The number of ether oxygens (including phenoxy) is 1. The lowest BCUT2D eigenvalue weighted by atomic mass is 9.54. The molecule has 3 heteroatoms. The monoisotopic (exact) mass is 266 g/mol. The van der Waals surface area contributed by atoms with Crippen LogP contribution >= 0.6 is 0 Å². The Labute approximate surface area is 116 Å². The Hall–Kier alpha value is -1.74. The summed E-state index contributed by atoms with van der Waals surface area (Å²) in [6, 6.07) is 7.16. The predicted molar refractivity (Wildman–Crippen MR) is 71.6 cm³/mol. The zero-order valence-electron chi connectivity index (χ0n) is 11.2. The molecule has 1 aromatic rings. The van der Waals surface area contributed by atoms with Crippen molar-refractivity contribution in [2.75, 3.05) is 0 Å². The highest BCUT2D eigenvalue weighted by Crippen LogP contribution is 2.71. The minimum atomic E-state index is -0.875. The summed E-state index contributed by atoms with van der Waals surface area (Å²) in [6.45, 7) is 2.06. The Balaban J connectivity index is 1.83. The highest BCUT2D eigenvalue weighted by molar-refractivity contribution is 6.26. The number of carbonyl (C=O) groups excluding carboxylic acids is 2. The van der Waals surface area contributed by atoms with Crippen LogP contribution in [0.2, 0.25) is 0 Å².